The quantitative estimate of drug-likeness (QED) is 0.0973. The van der Waals surface area contributed by atoms with Crippen LogP contribution in [0.5, 0.6) is 0 Å². The molecule has 0 heterocycles. The second-order valence-corrected chi connectivity index (χ2v) is 9.13. The number of ether oxygens (including phenoxy) is 1. The number of amides is 1. The monoisotopic (exact) mass is 479 g/mol. The number of hydrogen-bond donors (Lipinski definition) is 3. The fourth-order valence-corrected chi connectivity index (χ4v) is 3.50. The van der Waals surface area contributed by atoms with Gasteiger partial charge in [0, 0.05) is 19.9 Å². The highest BCUT2D eigenvalue weighted by atomic mass is 31.2. The second-order valence-electron chi connectivity index (χ2n) is 7.68. The van der Waals surface area contributed by atoms with Crippen LogP contribution in [-0.2, 0) is 27.9 Å². The number of rotatable bonds is 21. The van der Waals surface area contributed by atoms with Gasteiger partial charge in [-0.15, -0.1) is 0 Å². The standard InChI is InChI=1S/C22H42NO8P/c1-3-4-5-6-7-8-9-10-11-12-13-14-15-22(26)23-16-17-30-32(27,28)31-19-21(25)18-29-20(2)24/h7-8,21,25H,3-6,9-19H2,1-2H3,(H,23,26)(H,27,28)/b8-7-. The number of unbranched alkanes of at least 4 members (excludes halogenated alkanes) is 8. The lowest BCUT2D eigenvalue weighted by molar-refractivity contribution is -0.144. The van der Waals surface area contributed by atoms with Crippen molar-refractivity contribution in [2.75, 3.05) is 26.4 Å². The van der Waals surface area contributed by atoms with E-state index in [9.17, 15) is 24.2 Å². The molecule has 0 aliphatic rings. The maximum Gasteiger partial charge on any atom is 0.472 e. The van der Waals surface area contributed by atoms with Gasteiger partial charge in [-0.05, 0) is 32.1 Å². The van der Waals surface area contributed by atoms with Crippen molar-refractivity contribution < 1.29 is 37.9 Å². The van der Waals surface area contributed by atoms with Crippen molar-refractivity contribution in [1.29, 1.82) is 0 Å². The molecule has 0 aliphatic carbocycles. The molecule has 9 nitrogen and oxygen atoms in total. The minimum absolute atomic E-state index is 0.0767. The molecule has 188 valence electrons. The number of aliphatic hydroxyl groups excluding tert-OH is 1. The number of allylic oxidation sites excluding steroid dienone is 2. The third-order valence-corrected chi connectivity index (χ3v) is 5.49. The zero-order valence-electron chi connectivity index (χ0n) is 19.6. The number of nitrogens with one attached hydrogen (secondary N) is 1. The molecule has 0 bridgehead atoms. The van der Waals surface area contributed by atoms with Crippen LogP contribution in [0.2, 0.25) is 0 Å². The molecule has 10 heteroatoms. The molecule has 2 unspecified atom stereocenters. The van der Waals surface area contributed by atoms with Crippen molar-refractivity contribution in [3.8, 4) is 0 Å². The first-order chi connectivity index (χ1) is 15.3. The third-order valence-electron chi connectivity index (χ3n) is 4.50. The smallest absolute Gasteiger partial charge is 0.463 e. The summed E-state index contributed by atoms with van der Waals surface area (Å²) in [6.07, 6.45) is 15.1. The molecule has 0 fully saturated rings. The van der Waals surface area contributed by atoms with Crippen LogP contribution in [0.4, 0.5) is 0 Å². The maximum atomic E-state index is 11.8. The Morgan fingerprint density at radius 3 is 2.25 bits per heavy atom. The molecule has 0 saturated carbocycles. The lowest BCUT2D eigenvalue weighted by atomic mass is 10.1. The largest absolute Gasteiger partial charge is 0.472 e. The van der Waals surface area contributed by atoms with Crippen LogP contribution in [0.15, 0.2) is 12.2 Å². The van der Waals surface area contributed by atoms with E-state index < -0.39 is 26.5 Å². The first-order valence-corrected chi connectivity index (χ1v) is 13.1. The summed E-state index contributed by atoms with van der Waals surface area (Å²) in [5.74, 6) is -0.710. The van der Waals surface area contributed by atoms with Crippen LogP contribution in [0, 0.1) is 0 Å². The van der Waals surface area contributed by atoms with E-state index in [0.717, 1.165) is 32.1 Å². The third kappa shape index (κ3) is 22.0. The number of carbonyl (C=O) groups is 2. The number of hydrogen-bond acceptors (Lipinski definition) is 7. The maximum absolute atomic E-state index is 11.8. The van der Waals surface area contributed by atoms with Crippen molar-refractivity contribution in [3.05, 3.63) is 12.2 Å². The molecule has 0 spiro atoms. The number of aliphatic hydroxyl groups is 1. The Labute approximate surface area is 192 Å². The van der Waals surface area contributed by atoms with Gasteiger partial charge in [-0.2, -0.15) is 0 Å². The number of phosphoric ester groups is 1. The lowest BCUT2D eigenvalue weighted by Crippen LogP contribution is -2.27. The van der Waals surface area contributed by atoms with E-state index in [0.29, 0.717) is 6.42 Å². The van der Waals surface area contributed by atoms with Gasteiger partial charge in [0.1, 0.15) is 12.7 Å². The molecular formula is C22H42NO8P. The van der Waals surface area contributed by atoms with E-state index in [4.69, 9.17) is 4.52 Å². The van der Waals surface area contributed by atoms with E-state index in [2.05, 4.69) is 33.7 Å². The molecule has 0 aromatic carbocycles. The summed E-state index contributed by atoms with van der Waals surface area (Å²) in [6.45, 7) is 2.39. The normalized spacial score (nSPS) is 14.2. The van der Waals surface area contributed by atoms with E-state index in [1.54, 1.807) is 0 Å². The minimum atomic E-state index is -4.36. The molecule has 0 saturated heterocycles. The lowest BCUT2D eigenvalue weighted by Gasteiger charge is -2.15. The highest BCUT2D eigenvalue weighted by Gasteiger charge is 2.23. The molecule has 2 atom stereocenters. The predicted octanol–water partition coefficient (Wildman–Crippen LogP) is 4.03. The summed E-state index contributed by atoms with van der Waals surface area (Å²) < 4.78 is 25.6. The van der Waals surface area contributed by atoms with Gasteiger partial charge >= 0.3 is 13.8 Å². The summed E-state index contributed by atoms with van der Waals surface area (Å²) >= 11 is 0. The average molecular weight is 480 g/mol. The van der Waals surface area contributed by atoms with E-state index in [-0.39, 0.29) is 25.7 Å². The van der Waals surface area contributed by atoms with Crippen LogP contribution < -0.4 is 5.32 Å². The average Bonchev–Trinajstić information content (AvgIpc) is 2.74. The van der Waals surface area contributed by atoms with Crippen LogP contribution in [-0.4, -0.2) is 54.3 Å². The number of carbonyl (C=O) groups excluding carboxylic acids is 2. The number of phosphoric acid groups is 1. The van der Waals surface area contributed by atoms with Gasteiger partial charge in [0.15, 0.2) is 0 Å². The highest BCUT2D eigenvalue weighted by Crippen LogP contribution is 2.42. The summed E-state index contributed by atoms with van der Waals surface area (Å²) in [6, 6.07) is 0. The molecule has 0 radical (unpaired) electrons. The number of esters is 1. The molecule has 0 aliphatic heterocycles. The van der Waals surface area contributed by atoms with E-state index in [1.807, 2.05) is 0 Å². The van der Waals surface area contributed by atoms with Crippen molar-refractivity contribution in [3.63, 3.8) is 0 Å². The van der Waals surface area contributed by atoms with Crippen molar-refractivity contribution >= 4 is 19.7 Å². The Morgan fingerprint density at radius 2 is 1.59 bits per heavy atom. The second kappa shape index (κ2) is 20.4. The van der Waals surface area contributed by atoms with Gasteiger partial charge < -0.3 is 20.1 Å². The van der Waals surface area contributed by atoms with Crippen LogP contribution >= 0.6 is 7.82 Å². The minimum Gasteiger partial charge on any atom is -0.463 e. The van der Waals surface area contributed by atoms with Crippen LogP contribution in [0.3, 0.4) is 0 Å². The summed E-state index contributed by atoms with van der Waals surface area (Å²) in [5, 5.41) is 12.1. The summed E-state index contributed by atoms with van der Waals surface area (Å²) in [4.78, 5) is 31.9. The van der Waals surface area contributed by atoms with Gasteiger partial charge in [-0.3, -0.25) is 18.6 Å². The van der Waals surface area contributed by atoms with Crippen LogP contribution in [0.25, 0.3) is 0 Å². The highest BCUT2D eigenvalue weighted by molar-refractivity contribution is 7.47. The van der Waals surface area contributed by atoms with Gasteiger partial charge in [-0.1, -0.05) is 51.2 Å². The Bertz CT molecular complexity index is 570. The Balaban J connectivity index is 3.59. The first-order valence-electron chi connectivity index (χ1n) is 11.6. The molecule has 0 aromatic rings. The fourth-order valence-electron chi connectivity index (χ4n) is 2.74. The molecule has 0 aromatic heterocycles. The van der Waals surface area contributed by atoms with Crippen molar-refractivity contribution in [2.24, 2.45) is 0 Å². The Morgan fingerprint density at radius 1 is 0.969 bits per heavy atom. The zero-order valence-corrected chi connectivity index (χ0v) is 20.5. The van der Waals surface area contributed by atoms with Gasteiger partial charge in [0.2, 0.25) is 5.91 Å². The summed E-state index contributed by atoms with van der Waals surface area (Å²) in [7, 11) is -4.36. The zero-order chi connectivity index (χ0) is 24.1. The Kier molecular flexibility index (Phi) is 19.6. The molecule has 1 amide bonds. The SMILES string of the molecule is CCCCC/C=C\CCCCCCCC(=O)NCCOP(=O)(O)OCC(O)COC(C)=O. The molecular weight excluding hydrogens is 437 g/mol. The molecule has 32 heavy (non-hydrogen) atoms. The first kappa shape index (κ1) is 30.8. The molecule has 3 N–H and O–H groups in total. The van der Waals surface area contributed by atoms with Crippen molar-refractivity contribution in [2.45, 2.75) is 90.6 Å². The van der Waals surface area contributed by atoms with Gasteiger partial charge in [0.05, 0.1) is 13.2 Å². The topological polar surface area (TPSA) is 131 Å². The summed E-state index contributed by atoms with van der Waals surface area (Å²) in [5.41, 5.74) is 0. The van der Waals surface area contributed by atoms with Gasteiger partial charge in [0.25, 0.3) is 0 Å². The fraction of sp³-hybridized carbons (Fsp3) is 0.818. The predicted molar refractivity (Wildman–Crippen MR) is 123 cm³/mol. The Hall–Kier alpha value is -1.25. The van der Waals surface area contributed by atoms with E-state index >= 15 is 0 Å². The van der Waals surface area contributed by atoms with Gasteiger partial charge in [-0.25, -0.2) is 4.57 Å². The van der Waals surface area contributed by atoms with E-state index in [1.165, 1.54) is 39.0 Å². The van der Waals surface area contributed by atoms with Crippen LogP contribution in [0.1, 0.15) is 84.5 Å². The molecule has 0 rings (SSSR count). The van der Waals surface area contributed by atoms with Crippen molar-refractivity contribution in [1.82, 2.24) is 5.32 Å².